The highest BCUT2D eigenvalue weighted by Crippen LogP contribution is 2.32. The predicted molar refractivity (Wildman–Crippen MR) is 277 cm³/mol. The van der Waals surface area contributed by atoms with E-state index in [1.54, 1.807) is 25.4 Å². The molecule has 15 heteroatoms. The minimum atomic E-state index is -1.04. The van der Waals surface area contributed by atoms with Gasteiger partial charge in [0.2, 0.25) is 11.8 Å². The fraction of sp³-hybridized carbons (Fsp3) is 0.309. The molecule has 1 fully saturated rings. The molecule has 3 aliphatic heterocycles. The van der Waals surface area contributed by atoms with Gasteiger partial charge in [0.15, 0.2) is 0 Å². The number of carboxylic acids is 1. The van der Waals surface area contributed by atoms with Crippen molar-refractivity contribution in [2.75, 3.05) is 49.5 Å². The molecule has 0 radical (unpaired) electrons. The van der Waals surface area contributed by atoms with Crippen LogP contribution in [0.15, 0.2) is 134 Å². The number of halogens is 1. The highest BCUT2D eigenvalue weighted by Gasteiger charge is 2.37. The van der Waals surface area contributed by atoms with Crippen LogP contribution in [0.25, 0.3) is 21.0 Å². The maximum absolute atomic E-state index is 13.3. The third kappa shape index (κ3) is 12.5. The molecule has 362 valence electrons. The first kappa shape index (κ1) is 49.7. The quantitative estimate of drug-likeness (QED) is 0.0951. The zero-order chi connectivity index (χ0) is 49.0. The molecule has 5 heterocycles. The number of carboxylic acid groups (broad SMARTS) is 1. The van der Waals surface area contributed by atoms with Crippen molar-refractivity contribution in [1.82, 2.24) is 24.5 Å². The second-order valence-electron chi connectivity index (χ2n) is 17.6. The summed E-state index contributed by atoms with van der Waals surface area (Å²) in [6.45, 7) is 8.88. The number of amides is 2. The number of aliphatic carboxylic acids is 1. The number of carbonyl (C=O) groups is 4. The van der Waals surface area contributed by atoms with E-state index in [-0.39, 0.29) is 31.4 Å². The molecular formula is C55H58ClN7O6S. The molecule has 2 amide bonds. The van der Waals surface area contributed by atoms with Crippen LogP contribution in [-0.4, -0.2) is 105 Å². The lowest BCUT2D eigenvalue weighted by molar-refractivity contribution is -0.153. The molecule has 0 bridgehead atoms. The molecule has 7 aromatic rings. The van der Waals surface area contributed by atoms with Crippen molar-refractivity contribution in [3.8, 4) is 0 Å². The molecule has 2 aromatic heterocycles. The van der Waals surface area contributed by atoms with Crippen molar-refractivity contribution < 1.29 is 29.0 Å². The molecule has 70 heavy (non-hydrogen) atoms. The van der Waals surface area contributed by atoms with Gasteiger partial charge in [-0.1, -0.05) is 109 Å². The van der Waals surface area contributed by atoms with Gasteiger partial charge in [-0.25, -0.2) is 4.79 Å². The number of rotatable bonds is 13. The summed E-state index contributed by atoms with van der Waals surface area (Å²) in [5.41, 5.74) is 7.08. The summed E-state index contributed by atoms with van der Waals surface area (Å²) in [5.74, 6) is -0.623. The SMILES string of the molecule is CCOC(=O)[C@H](CCc1ccccc1)N[C@@H](C)C(=O)N1Cc2ccccc2C[C@H]1C(=O)O.O=C1Cc2cc(CCN3CCN(c4nsc5ccccc45)CC3)c(Cl)cc2N1.c1ccc2ncccc2c1. The van der Waals surface area contributed by atoms with Gasteiger partial charge in [0.05, 0.1) is 29.3 Å². The summed E-state index contributed by atoms with van der Waals surface area (Å²) >= 11 is 8.01. The van der Waals surface area contributed by atoms with E-state index in [2.05, 4.69) is 72.3 Å². The Morgan fingerprint density at radius 2 is 1.59 bits per heavy atom. The van der Waals surface area contributed by atoms with Gasteiger partial charge in [-0.05, 0) is 103 Å². The van der Waals surface area contributed by atoms with Gasteiger partial charge >= 0.3 is 11.9 Å². The van der Waals surface area contributed by atoms with Crippen LogP contribution in [-0.2, 0) is 56.1 Å². The van der Waals surface area contributed by atoms with Crippen LogP contribution >= 0.6 is 23.1 Å². The van der Waals surface area contributed by atoms with Crippen LogP contribution < -0.4 is 15.5 Å². The molecule has 0 saturated carbocycles. The number of ether oxygens (including phenoxy) is 1. The normalized spacial score (nSPS) is 16.2. The van der Waals surface area contributed by atoms with Crippen LogP contribution in [0.5, 0.6) is 0 Å². The molecule has 5 aromatic carbocycles. The van der Waals surface area contributed by atoms with Crippen LogP contribution in [0, 0.1) is 0 Å². The number of nitrogens with one attached hydrogen (secondary N) is 2. The Hall–Kier alpha value is -6.71. The molecule has 10 rings (SSSR count). The first-order chi connectivity index (χ1) is 34.0. The number of carbonyl (C=O) groups excluding carboxylic acids is 3. The lowest BCUT2D eigenvalue weighted by Gasteiger charge is -2.36. The number of fused-ring (bicyclic) bond motifs is 4. The van der Waals surface area contributed by atoms with E-state index in [4.69, 9.17) is 16.3 Å². The molecule has 0 spiro atoms. The molecule has 3 aliphatic rings. The first-order valence-corrected chi connectivity index (χ1v) is 25.0. The summed E-state index contributed by atoms with van der Waals surface area (Å²) in [5, 5.41) is 18.9. The number of anilines is 2. The van der Waals surface area contributed by atoms with Gasteiger partial charge < -0.3 is 25.0 Å². The summed E-state index contributed by atoms with van der Waals surface area (Å²) in [7, 11) is 0. The van der Waals surface area contributed by atoms with E-state index in [1.807, 2.05) is 91.1 Å². The number of esters is 1. The van der Waals surface area contributed by atoms with E-state index >= 15 is 0 Å². The van der Waals surface area contributed by atoms with Crippen LogP contribution in [0.1, 0.15) is 48.1 Å². The number of piperazine rings is 1. The van der Waals surface area contributed by atoms with Crippen molar-refractivity contribution in [3.63, 3.8) is 0 Å². The van der Waals surface area contributed by atoms with Crippen LogP contribution in [0.4, 0.5) is 11.5 Å². The van der Waals surface area contributed by atoms with E-state index in [1.165, 1.54) is 20.4 Å². The van der Waals surface area contributed by atoms with Gasteiger partial charge in [0.25, 0.3) is 0 Å². The third-order valence-electron chi connectivity index (χ3n) is 12.9. The van der Waals surface area contributed by atoms with Crippen molar-refractivity contribution in [3.05, 3.63) is 166 Å². The monoisotopic (exact) mass is 979 g/mol. The van der Waals surface area contributed by atoms with Gasteiger partial charge in [-0.2, -0.15) is 4.37 Å². The van der Waals surface area contributed by atoms with Crippen molar-refractivity contribution in [2.45, 2.75) is 70.6 Å². The molecule has 3 N–H and O–H groups in total. The van der Waals surface area contributed by atoms with Crippen LogP contribution in [0.2, 0.25) is 5.02 Å². The third-order valence-corrected chi connectivity index (χ3v) is 14.1. The maximum Gasteiger partial charge on any atom is 0.326 e. The Morgan fingerprint density at radius 1 is 0.871 bits per heavy atom. The van der Waals surface area contributed by atoms with E-state index < -0.39 is 30.1 Å². The molecular weight excluding hydrogens is 922 g/mol. The number of aromatic nitrogens is 2. The maximum atomic E-state index is 13.3. The molecule has 1 saturated heterocycles. The molecule has 3 atom stereocenters. The van der Waals surface area contributed by atoms with Crippen molar-refractivity contribution >= 4 is 79.4 Å². The second-order valence-corrected chi connectivity index (χ2v) is 18.8. The van der Waals surface area contributed by atoms with Crippen molar-refractivity contribution in [1.29, 1.82) is 0 Å². The van der Waals surface area contributed by atoms with Gasteiger partial charge in [0, 0.05) is 73.4 Å². The average molecular weight is 981 g/mol. The lowest BCUT2D eigenvalue weighted by Crippen LogP contribution is -2.56. The predicted octanol–water partition coefficient (Wildman–Crippen LogP) is 8.61. The number of pyridine rings is 1. The van der Waals surface area contributed by atoms with Crippen molar-refractivity contribution in [2.24, 2.45) is 0 Å². The van der Waals surface area contributed by atoms with Gasteiger partial charge in [-0.3, -0.25) is 29.6 Å². The fourth-order valence-electron chi connectivity index (χ4n) is 9.13. The van der Waals surface area contributed by atoms with E-state index in [0.29, 0.717) is 19.3 Å². The lowest BCUT2D eigenvalue weighted by atomic mass is 9.93. The zero-order valence-electron chi connectivity index (χ0n) is 39.4. The van der Waals surface area contributed by atoms with E-state index in [9.17, 15) is 24.3 Å². The molecule has 13 nitrogen and oxygen atoms in total. The second kappa shape index (κ2) is 23.7. The summed E-state index contributed by atoms with van der Waals surface area (Å²) in [4.78, 5) is 59.7. The summed E-state index contributed by atoms with van der Waals surface area (Å²) in [6.07, 6.45) is 4.54. The topological polar surface area (TPSA) is 157 Å². The Morgan fingerprint density at radius 3 is 2.36 bits per heavy atom. The standard InChI is InChI=1S/C25H30N2O5.C21H21ClN4OS.C9H7N/c1-3-32-25(31)21(14-13-18-9-5-4-6-10-18)26-17(2)23(28)27-16-20-12-8-7-11-19(20)15-22(27)24(29)30;22-17-13-18-15(12-20(27)23-18)11-14(17)5-6-25-7-9-26(10-8-25)21-16-3-1-2-4-19(16)28-24-21;1-2-6-9-8(4-1)5-3-7-10-9/h4-12,17,21-22,26H,3,13-16H2,1-2H3,(H,29,30);1-4,11,13H,5-10,12H2,(H,23,27);1-7H/t17-,21-,22-;;/m0../s1. The minimum Gasteiger partial charge on any atom is -0.480 e. The highest BCUT2D eigenvalue weighted by atomic mass is 35.5. The largest absolute Gasteiger partial charge is 0.480 e. The number of para-hydroxylation sites is 1. The average Bonchev–Trinajstić information content (AvgIpc) is 3.99. The van der Waals surface area contributed by atoms with E-state index in [0.717, 1.165) is 89.0 Å². The van der Waals surface area contributed by atoms with Crippen LogP contribution in [0.3, 0.4) is 0 Å². The number of benzene rings is 5. The number of nitrogens with zero attached hydrogens (tertiary/aromatic N) is 5. The Labute approximate surface area is 417 Å². The first-order valence-electron chi connectivity index (χ1n) is 23.8. The Kier molecular flexibility index (Phi) is 16.9. The summed E-state index contributed by atoms with van der Waals surface area (Å²) < 4.78 is 11.1. The molecule has 0 unspecified atom stereocenters. The smallest absolute Gasteiger partial charge is 0.326 e. The minimum absolute atomic E-state index is 0.0499. The van der Waals surface area contributed by atoms with Gasteiger partial charge in [-0.15, -0.1) is 0 Å². The highest BCUT2D eigenvalue weighted by molar-refractivity contribution is 7.13. The number of hydrogen-bond acceptors (Lipinski definition) is 11. The fourth-order valence-corrected chi connectivity index (χ4v) is 10.2. The van der Waals surface area contributed by atoms with Gasteiger partial charge in [0.1, 0.15) is 17.9 Å². The molecule has 0 aliphatic carbocycles. The summed E-state index contributed by atoms with van der Waals surface area (Å²) in [6, 6.07) is 39.5. The number of hydrogen-bond donors (Lipinski definition) is 3. The zero-order valence-corrected chi connectivity index (χ0v) is 41.0. The Balaban J connectivity index is 0.000000157. The number of aryl methyl sites for hydroxylation is 1. The Bertz CT molecular complexity index is 2860.